The highest BCUT2D eigenvalue weighted by Gasteiger charge is 2.16. The first kappa shape index (κ1) is 13.4. The van der Waals surface area contributed by atoms with Crippen LogP contribution in [0.1, 0.15) is 10.5 Å². The van der Waals surface area contributed by atoms with E-state index < -0.39 is 10.8 Å². The molecule has 1 aromatic carbocycles. The van der Waals surface area contributed by atoms with Crippen LogP contribution in [0.4, 0.5) is 17.2 Å². The third kappa shape index (κ3) is 2.69. The molecule has 0 radical (unpaired) electrons. The third-order valence-corrected chi connectivity index (χ3v) is 2.62. The molecule has 1 aromatic heterocycles. The second kappa shape index (κ2) is 5.31. The molecule has 0 aliphatic rings. The van der Waals surface area contributed by atoms with Gasteiger partial charge in [-0.05, 0) is 12.1 Å². The molecule has 0 saturated heterocycles. The second-order valence-electron chi connectivity index (χ2n) is 3.97. The summed E-state index contributed by atoms with van der Waals surface area (Å²) in [7, 11) is 1.54. The first-order valence-electron chi connectivity index (χ1n) is 5.59. The van der Waals surface area contributed by atoms with E-state index in [1.54, 1.807) is 0 Å². The minimum absolute atomic E-state index is 0.0432. The minimum Gasteiger partial charge on any atom is -0.382 e. The molecule has 1 heterocycles. The van der Waals surface area contributed by atoms with Crippen LogP contribution in [0.3, 0.4) is 0 Å². The molecule has 8 heteroatoms. The van der Waals surface area contributed by atoms with Gasteiger partial charge in [-0.2, -0.15) is 0 Å². The van der Waals surface area contributed by atoms with E-state index in [0.717, 1.165) is 0 Å². The first-order valence-corrected chi connectivity index (χ1v) is 5.59. The van der Waals surface area contributed by atoms with E-state index >= 15 is 0 Å². The van der Waals surface area contributed by atoms with Crippen LogP contribution in [0.25, 0.3) is 0 Å². The Labute approximate surface area is 114 Å². The van der Waals surface area contributed by atoms with E-state index in [9.17, 15) is 14.9 Å². The number of non-ortho nitro benzene ring substituents is 1. The summed E-state index contributed by atoms with van der Waals surface area (Å²) in [6.07, 6.45) is 2.64. The van der Waals surface area contributed by atoms with Gasteiger partial charge in [0.2, 0.25) is 0 Å². The van der Waals surface area contributed by atoms with Gasteiger partial charge in [-0.15, -0.1) is 0 Å². The summed E-state index contributed by atoms with van der Waals surface area (Å²) < 4.78 is 0. The Balaban J connectivity index is 2.24. The van der Waals surface area contributed by atoms with Gasteiger partial charge in [0, 0.05) is 24.9 Å². The number of nitro groups is 1. The molecule has 0 aliphatic carbocycles. The van der Waals surface area contributed by atoms with Crippen LogP contribution in [0, 0.1) is 10.1 Å². The summed E-state index contributed by atoms with van der Waals surface area (Å²) in [4.78, 5) is 31.2. The monoisotopic (exact) mass is 273 g/mol. The van der Waals surface area contributed by atoms with Crippen LogP contribution in [-0.4, -0.2) is 27.8 Å². The summed E-state index contributed by atoms with van der Waals surface area (Å²) in [5.74, 6) is -0.258. The summed E-state index contributed by atoms with van der Waals surface area (Å²) >= 11 is 0. The Hall–Kier alpha value is -3.03. The Morgan fingerprint density at radius 3 is 2.50 bits per heavy atom. The van der Waals surface area contributed by atoms with Crippen molar-refractivity contribution in [2.75, 3.05) is 17.7 Å². The van der Waals surface area contributed by atoms with Crippen molar-refractivity contribution in [3.05, 3.63) is 52.5 Å². The molecule has 0 bridgehead atoms. The molecule has 2 rings (SSSR count). The zero-order chi connectivity index (χ0) is 14.7. The lowest BCUT2D eigenvalue weighted by Crippen LogP contribution is -2.27. The van der Waals surface area contributed by atoms with Crippen molar-refractivity contribution < 1.29 is 9.72 Å². The van der Waals surface area contributed by atoms with E-state index in [4.69, 9.17) is 5.73 Å². The van der Waals surface area contributed by atoms with Crippen molar-refractivity contribution >= 4 is 23.1 Å². The number of hydrogen-bond acceptors (Lipinski definition) is 6. The van der Waals surface area contributed by atoms with Gasteiger partial charge >= 0.3 is 0 Å². The average Bonchev–Trinajstić information content (AvgIpc) is 2.46. The van der Waals surface area contributed by atoms with Gasteiger partial charge in [0.1, 0.15) is 11.5 Å². The van der Waals surface area contributed by atoms with Crippen LogP contribution < -0.4 is 10.6 Å². The Morgan fingerprint density at radius 1 is 1.30 bits per heavy atom. The van der Waals surface area contributed by atoms with Crippen LogP contribution in [0.15, 0.2) is 36.7 Å². The fraction of sp³-hybridized carbons (Fsp3) is 0.0833. The molecule has 20 heavy (non-hydrogen) atoms. The highest BCUT2D eigenvalue weighted by atomic mass is 16.6. The summed E-state index contributed by atoms with van der Waals surface area (Å²) in [5.41, 5.74) is 6.03. The highest BCUT2D eigenvalue weighted by Crippen LogP contribution is 2.19. The molecule has 0 fully saturated rings. The van der Waals surface area contributed by atoms with Gasteiger partial charge < -0.3 is 10.6 Å². The number of nitrogens with zero attached hydrogens (tertiary/aromatic N) is 4. The third-order valence-electron chi connectivity index (χ3n) is 2.62. The van der Waals surface area contributed by atoms with Crippen molar-refractivity contribution in [1.82, 2.24) is 9.97 Å². The number of carbonyl (C=O) groups excluding carboxylic acids is 1. The maximum absolute atomic E-state index is 12.2. The van der Waals surface area contributed by atoms with Crippen LogP contribution in [0.5, 0.6) is 0 Å². The predicted molar refractivity (Wildman–Crippen MR) is 72.3 cm³/mol. The number of rotatable bonds is 3. The van der Waals surface area contributed by atoms with Crippen molar-refractivity contribution in [1.29, 1.82) is 0 Å². The fourth-order valence-corrected chi connectivity index (χ4v) is 1.57. The molecule has 0 atom stereocenters. The number of nitro benzene ring substituents is 1. The Morgan fingerprint density at radius 2 is 1.95 bits per heavy atom. The number of anilines is 2. The van der Waals surface area contributed by atoms with E-state index in [2.05, 4.69) is 9.97 Å². The molecule has 8 nitrogen and oxygen atoms in total. The first-order chi connectivity index (χ1) is 9.49. The SMILES string of the molecule is CN(C(=O)c1cncc(N)n1)c1ccc([N+](=O)[O-])cc1. The number of nitrogens with two attached hydrogens (primary N) is 1. The molecule has 0 unspecified atom stereocenters. The average molecular weight is 273 g/mol. The van der Waals surface area contributed by atoms with Crippen molar-refractivity contribution in [3.63, 3.8) is 0 Å². The topological polar surface area (TPSA) is 115 Å². The molecule has 0 spiro atoms. The fourth-order valence-electron chi connectivity index (χ4n) is 1.57. The summed E-state index contributed by atoms with van der Waals surface area (Å²) in [6.45, 7) is 0. The van der Waals surface area contributed by atoms with Gasteiger partial charge in [-0.25, -0.2) is 4.98 Å². The minimum atomic E-state index is -0.505. The van der Waals surface area contributed by atoms with Gasteiger partial charge in [0.25, 0.3) is 11.6 Å². The van der Waals surface area contributed by atoms with Gasteiger partial charge in [0.05, 0.1) is 17.3 Å². The number of benzene rings is 1. The number of aromatic nitrogens is 2. The molecular weight excluding hydrogens is 262 g/mol. The summed E-state index contributed by atoms with van der Waals surface area (Å²) in [6, 6.07) is 5.61. The van der Waals surface area contributed by atoms with E-state index in [-0.39, 0.29) is 17.2 Å². The molecule has 0 saturated carbocycles. The molecule has 1 amide bonds. The van der Waals surface area contributed by atoms with Gasteiger partial charge in [-0.3, -0.25) is 19.9 Å². The molecule has 2 aromatic rings. The van der Waals surface area contributed by atoms with Crippen LogP contribution in [0.2, 0.25) is 0 Å². The number of carbonyl (C=O) groups is 1. The van der Waals surface area contributed by atoms with Crippen LogP contribution in [-0.2, 0) is 0 Å². The lowest BCUT2D eigenvalue weighted by Gasteiger charge is -2.16. The smallest absolute Gasteiger partial charge is 0.278 e. The zero-order valence-corrected chi connectivity index (χ0v) is 10.6. The predicted octanol–water partition coefficient (Wildman–Crippen LogP) is 1.24. The molecule has 2 N–H and O–H groups in total. The number of amides is 1. The van der Waals surface area contributed by atoms with E-state index in [1.807, 2.05) is 0 Å². The maximum atomic E-state index is 12.2. The van der Waals surface area contributed by atoms with E-state index in [1.165, 1.54) is 48.6 Å². The molecule has 102 valence electrons. The lowest BCUT2D eigenvalue weighted by molar-refractivity contribution is -0.384. The maximum Gasteiger partial charge on any atom is 0.278 e. The lowest BCUT2D eigenvalue weighted by atomic mass is 10.2. The zero-order valence-electron chi connectivity index (χ0n) is 10.6. The Bertz CT molecular complexity index is 656. The molecule has 0 aliphatic heterocycles. The quantitative estimate of drug-likeness (QED) is 0.664. The Kier molecular flexibility index (Phi) is 3.56. The second-order valence-corrected chi connectivity index (χ2v) is 3.97. The van der Waals surface area contributed by atoms with Gasteiger partial charge in [0.15, 0.2) is 0 Å². The largest absolute Gasteiger partial charge is 0.382 e. The van der Waals surface area contributed by atoms with E-state index in [0.29, 0.717) is 5.69 Å². The van der Waals surface area contributed by atoms with Gasteiger partial charge in [-0.1, -0.05) is 0 Å². The normalized spacial score (nSPS) is 10.1. The number of nitrogen functional groups attached to an aromatic ring is 1. The number of hydrogen-bond donors (Lipinski definition) is 1. The van der Waals surface area contributed by atoms with Crippen LogP contribution >= 0.6 is 0 Å². The highest BCUT2D eigenvalue weighted by molar-refractivity contribution is 6.04. The van der Waals surface area contributed by atoms with Crippen molar-refractivity contribution in [3.8, 4) is 0 Å². The standard InChI is InChI=1S/C12H11N5O3/c1-16(8-2-4-9(5-3-8)17(19)20)12(18)10-6-14-7-11(13)15-10/h2-7H,1H3,(H2,13,15). The van der Waals surface area contributed by atoms with Crippen molar-refractivity contribution in [2.45, 2.75) is 0 Å². The van der Waals surface area contributed by atoms with Crippen molar-refractivity contribution in [2.24, 2.45) is 0 Å². The molecular formula is C12H11N5O3. The summed E-state index contributed by atoms with van der Waals surface area (Å²) in [5, 5.41) is 10.6.